The van der Waals surface area contributed by atoms with Crippen LogP contribution in [0.2, 0.25) is 0 Å². The number of benzene rings is 3. The summed E-state index contributed by atoms with van der Waals surface area (Å²) >= 11 is 0. The minimum atomic E-state index is -0.309. The fourth-order valence-electron chi connectivity index (χ4n) is 4.11. The van der Waals surface area contributed by atoms with Gasteiger partial charge in [0, 0.05) is 0 Å². The van der Waals surface area contributed by atoms with Gasteiger partial charge in [0.2, 0.25) is 5.82 Å². The Morgan fingerprint density at radius 1 is 1.00 bits per heavy atom. The fourth-order valence-corrected chi connectivity index (χ4v) is 4.11. The number of ether oxygens (including phenoxy) is 3. The number of hydrogen-bond donors (Lipinski definition) is 0. The molecule has 0 aliphatic carbocycles. The van der Waals surface area contributed by atoms with Crippen LogP contribution in [0.4, 0.5) is 0 Å². The van der Waals surface area contributed by atoms with Crippen molar-refractivity contribution in [1.82, 2.24) is 9.66 Å². The molecule has 8 heteroatoms. The summed E-state index contributed by atoms with van der Waals surface area (Å²) < 4.78 is 24.6. The van der Waals surface area contributed by atoms with Gasteiger partial charge in [0.25, 0.3) is 5.56 Å². The smallest absolute Gasteiger partial charge is 0.282 e. The molecule has 5 aromatic rings. The summed E-state index contributed by atoms with van der Waals surface area (Å²) in [6, 6.07) is 20.1. The Kier molecular flexibility index (Phi) is 7.13. The van der Waals surface area contributed by atoms with Crippen LogP contribution in [0.5, 0.6) is 17.2 Å². The highest BCUT2D eigenvalue weighted by molar-refractivity contribution is 5.88. The zero-order valence-electron chi connectivity index (χ0n) is 21.8. The van der Waals surface area contributed by atoms with E-state index < -0.39 is 0 Å². The van der Waals surface area contributed by atoms with E-state index in [0.717, 1.165) is 17.4 Å². The Morgan fingerprint density at radius 2 is 1.84 bits per heavy atom. The van der Waals surface area contributed by atoms with Crippen molar-refractivity contribution in [3.05, 3.63) is 82.6 Å². The number of aromatic nitrogens is 2. The third-order valence-electron chi connectivity index (χ3n) is 6.21. The van der Waals surface area contributed by atoms with Crippen molar-refractivity contribution in [2.45, 2.75) is 33.3 Å². The van der Waals surface area contributed by atoms with Gasteiger partial charge in [-0.1, -0.05) is 25.1 Å². The van der Waals surface area contributed by atoms with Gasteiger partial charge < -0.3 is 18.6 Å². The first kappa shape index (κ1) is 25.1. The highest BCUT2D eigenvalue weighted by Gasteiger charge is 2.18. The quantitative estimate of drug-likeness (QED) is 0.217. The normalized spacial score (nSPS) is 12.3. The van der Waals surface area contributed by atoms with Gasteiger partial charge in [-0.25, -0.2) is 4.98 Å². The summed E-state index contributed by atoms with van der Waals surface area (Å²) in [5.41, 5.74) is 1.60. The second-order valence-electron chi connectivity index (χ2n) is 8.77. The van der Waals surface area contributed by atoms with E-state index in [1.165, 1.54) is 4.68 Å². The molecule has 0 radical (unpaired) electrons. The molecule has 0 aliphatic rings. The molecule has 38 heavy (non-hydrogen) atoms. The van der Waals surface area contributed by atoms with Crippen LogP contribution in [0.15, 0.2) is 81.0 Å². The van der Waals surface area contributed by atoms with E-state index in [1.807, 2.05) is 62.4 Å². The molecule has 0 unspecified atom stereocenters. The lowest BCUT2D eigenvalue weighted by Gasteiger charge is -2.16. The van der Waals surface area contributed by atoms with Gasteiger partial charge in [-0.05, 0) is 74.4 Å². The summed E-state index contributed by atoms with van der Waals surface area (Å²) in [4.78, 5) is 18.3. The molecule has 0 saturated carbocycles. The number of para-hydroxylation sites is 1. The van der Waals surface area contributed by atoms with Crippen LogP contribution in [-0.4, -0.2) is 35.7 Å². The predicted octanol–water partition coefficient (Wildman–Crippen LogP) is 6.28. The molecule has 1 atom stereocenters. The van der Waals surface area contributed by atoms with Crippen molar-refractivity contribution in [3.63, 3.8) is 0 Å². The second kappa shape index (κ2) is 10.8. The molecule has 194 valence electrons. The van der Waals surface area contributed by atoms with Crippen molar-refractivity contribution >= 4 is 28.1 Å². The third-order valence-corrected chi connectivity index (χ3v) is 6.21. The zero-order valence-corrected chi connectivity index (χ0v) is 21.8. The lowest BCUT2D eigenvalue weighted by molar-refractivity contribution is 0.203. The highest BCUT2D eigenvalue weighted by atomic mass is 16.5. The van der Waals surface area contributed by atoms with Crippen LogP contribution in [0.1, 0.15) is 32.8 Å². The number of nitrogens with zero attached hydrogens (tertiary/aromatic N) is 3. The fraction of sp³-hybridized carbons (Fsp3) is 0.233. The molecule has 0 aliphatic heterocycles. The molecule has 0 N–H and O–H groups in total. The molecule has 0 amide bonds. The first-order valence-electron chi connectivity index (χ1n) is 12.6. The molecule has 2 heterocycles. The summed E-state index contributed by atoms with van der Waals surface area (Å²) in [5, 5.41) is 5.78. The summed E-state index contributed by atoms with van der Waals surface area (Å²) in [5.74, 6) is 2.63. The van der Waals surface area contributed by atoms with Crippen molar-refractivity contribution < 1.29 is 18.6 Å². The van der Waals surface area contributed by atoms with Gasteiger partial charge in [-0.15, -0.1) is 0 Å². The molecule has 8 nitrogen and oxygen atoms in total. The molecule has 0 spiro atoms. The van der Waals surface area contributed by atoms with E-state index in [1.54, 1.807) is 31.5 Å². The average molecular weight is 512 g/mol. The van der Waals surface area contributed by atoms with Crippen LogP contribution < -0.4 is 19.8 Å². The predicted molar refractivity (Wildman–Crippen MR) is 149 cm³/mol. The van der Waals surface area contributed by atoms with Gasteiger partial charge in [0.05, 0.1) is 42.3 Å². The molecule has 2 aromatic heterocycles. The van der Waals surface area contributed by atoms with Gasteiger partial charge in [-0.3, -0.25) is 4.79 Å². The molecule has 5 rings (SSSR count). The molecule has 3 aromatic carbocycles. The number of methoxy groups -OCH3 is 1. The van der Waals surface area contributed by atoms with Crippen molar-refractivity contribution in [2.24, 2.45) is 5.10 Å². The Labute approximate surface area is 220 Å². The molecular formula is C30H29N3O5. The Balaban J connectivity index is 1.62. The monoisotopic (exact) mass is 511 g/mol. The Hall–Kier alpha value is -4.59. The van der Waals surface area contributed by atoms with E-state index in [-0.39, 0.29) is 17.5 Å². The van der Waals surface area contributed by atoms with Crippen LogP contribution in [-0.2, 0) is 0 Å². The lowest BCUT2D eigenvalue weighted by atomic mass is 10.2. The third kappa shape index (κ3) is 4.85. The van der Waals surface area contributed by atoms with Crippen LogP contribution in [0, 0.1) is 0 Å². The van der Waals surface area contributed by atoms with Crippen molar-refractivity contribution in [3.8, 4) is 28.8 Å². The number of fused-ring (bicyclic) bond motifs is 2. The standard InChI is InChI=1S/C30H29N3O5/c1-5-19(3)37-26-15-14-20(16-27(26)36-6-2)18-31-33-29(32-23-11-8-7-10-21(23)30(33)34)28-17-22-24(35-4)12-9-13-25(22)38-28/h7-19H,5-6H2,1-4H3/t19-/m0/s1. The highest BCUT2D eigenvalue weighted by Crippen LogP contribution is 2.33. The summed E-state index contributed by atoms with van der Waals surface area (Å²) in [6.07, 6.45) is 2.53. The summed E-state index contributed by atoms with van der Waals surface area (Å²) in [6.45, 7) is 6.49. The van der Waals surface area contributed by atoms with Crippen LogP contribution in [0.3, 0.4) is 0 Å². The largest absolute Gasteiger partial charge is 0.496 e. The average Bonchev–Trinajstić information content (AvgIpc) is 3.38. The van der Waals surface area contributed by atoms with Gasteiger partial charge in [0.1, 0.15) is 11.3 Å². The number of rotatable bonds is 9. The maximum absolute atomic E-state index is 13.6. The van der Waals surface area contributed by atoms with E-state index in [0.29, 0.717) is 46.1 Å². The Morgan fingerprint density at radius 3 is 2.63 bits per heavy atom. The number of hydrogen-bond acceptors (Lipinski definition) is 7. The molecule has 0 saturated heterocycles. The second-order valence-corrected chi connectivity index (χ2v) is 8.77. The first-order valence-corrected chi connectivity index (χ1v) is 12.6. The minimum Gasteiger partial charge on any atom is -0.496 e. The molecule has 0 fully saturated rings. The first-order chi connectivity index (χ1) is 18.5. The zero-order chi connectivity index (χ0) is 26.6. The SMILES string of the molecule is CCOc1cc(C=Nn2c(-c3cc4c(OC)cccc4o3)nc3ccccc3c2=O)ccc1O[C@@H](C)CC. The van der Waals surface area contributed by atoms with Crippen molar-refractivity contribution in [1.29, 1.82) is 0 Å². The topological polar surface area (TPSA) is 88.1 Å². The van der Waals surface area contributed by atoms with Crippen molar-refractivity contribution in [2.75, 3.05) is 13.7 Å². The maximum Gasteiger partial charge on any atom is 0.282 e. The van der Waals surface area contributed by atoms with E-state index in [4.69, 9.17) is 23.6 Å². The van der Waals surface area contributed by atoms with Gasteiger partial charge >= 0.3 is 0 Å². The van der Waals surface area contributed by atoms with Crippen LogP contribution >= 0.6 is 0 Å². The summed E-state index contributed by atoms with van der Waals surface area (Å²) in [7, 11) is 1.60. The van der Waals surface area contributed by atoms with Gasteiger partial charge in [0.15, 0.2) is 17.3 Å². The van der Waals surface area contributed by atoms with E-state index >= 15 is 0 Å². The van der Waals surface area contributed by atoms with Gasteiger partial charge in [-0.2, -0.15) is 9.78 Å². The molecular weight excluding hydrogens is 482 g/mol. The Bertz CT molecular complexity index is 1690. The minimum absolute atomic E-state index is 0.0565. The van der Waals surface area contributed by atoms with E-state index in [2.05, 4.69) is 12.0 Å². The van der Waals surface area contributed by atoms with E-state index in [9.17, 15) is 4.79 Å². The maximum atomic E-state index is 13.6. The number of furan rings is 1. The lowest BCUT2D eigenvalue weighted by Crippen LogP contribution is -2.20. The van der Waals surface area contributed by atoms with Crippen LogP contribution in [0.25, 0.3) is 33.5 Å². The molecule has 0 bridgehead atoms.